The first-order valence-corrected chi connectivity index (χ1v) is 8.24. The minimum Gasteiger partial charge on any atom is -0.404 e. The number of piperazine rings is 1. The third kappa shape index (κ3) is 6.79. The second kappa shape index (κ2) is 8.91. The average Bonchev–Trinajstić information content (AvgIpc) is 2.56. The van der Waals surface area contributed by atoms with Gasteiger partial charge in [0.1, 0.15) is 0 Å². The van der Waals surface area contributed by atoms with Crippen LogP contribution >= 0.6 is 0 Å². The number of para-hydroxylation sites is 2. The number of guanidine groups is 1. The van der Waals surface area contributed by atoms with Crippen LogP contribution in [0.3, 0.4) is 0 Å². The van der Waals surface area contributed by atoms with Crippen molar-refractivity contribution >= 4 is 11.6 Å². The van der Waals surface area contributed by atoms with E-state index in [1.54, 1.807) is 6.07 Å². The van der Waals surface area contributed by atoms with Crippen molar-refractivity contribution in [1.82, 2.24) is 9.80 Å². The lowest BCUT2D eigenvalue weighted by Gasteiger charge is -2.33. The summed E-state index contributed by atoms with van der Waals surface area (Å²) >= 11 is 0. The van der Waals surface area contributed by atoms with Crippen LogP contribution in [0.5, 0.6) is 5.75 Å². The van der Waals surface area contributed by atoms with E-state index in [1.165, 1.54) is 18.2 Å². The Labute approximate surface area is 145 Å². The van der Waals surface area contributed by atoms with Gasteiger partial charge in [-0.15, -0.1) is 13.2 Å². The molecule has 1 saturated heterocycles. The van der Waals surface area contributed by atoms with Crippen molar-refractivity contribution in [3.63, 3.8) is 0 Å². The van der Waals surface area contributed by atoms with Crippen LogP contribution < -0.4 is 15.8 Å². The molecule has 1 fully saturated rings. The number of nitrogens with zero attached hydrogens (tertiary/aromatic N) is 3. The Bertz CT molecular complexity index is 571. The molecule has 6 nitrogen and oxygen atoms in total. The SMILES string of the molecule is CCN1CCN(CCN=C(N)Nc2ccccc2OC(F)(F)F)CC1. The lowest BCUT2D eigenvalue weighted by atomic mass is 10.3. The highest BCUT2D eigenvalue weighted by molar-refractivity contribution is 5.93. The van der Waals surface area contributed by atoms with E-state index in [-0.39, 0.29) is 17.4 Å². The highest BCUT2D eigenvalue weighted by Gasteiger charge is 2.32. The van der Waals surface area contributed by atoms with Crippen molar-refractivity contribution in [2.45, 2.75) is 13.3 Å². The van der Waals surface area contributed by atoms with Crippen LogP contribution in [0.15, 0.2) is 29.3 Å². The maximum absolute atomic E-state index is 12.4. The predicted octanol–water partition coefficient (Wildman–Crippen LogP) is 1.95. The van der Waals surface area contributed by atoms with Crippen LogP contribution in [0.1, 0.15) is 6.92 Å². The minimum atomic E-state index is -4.76. The topological polar surface area (TPSA) is 66.1 Å². The Hall–Kier alpha value is -2.00. The summed E-state index contributed by atoms with van der Waals surface area (Å²) in [5.74, 6) is -0.283. The van der Waals surface area contributed by atoms with Gasteiger partial charge in [-0.2, -0.15) is 0 Å². The quantitative estimate of drug-likeness (QED) is 0.600. The number of likely N-dealkylation sites (N-methyl/N-ethyl adjacent to an activating group) is 1. The summed E-state index contributed by atoms with van der Waals surface area (Å²) in [6.45, 7) is 8.49. The van der Waals surface area contributed by atoms with Gasteiger partial charge in [0.25, 0.3) is 0 Å². The molecule has 2 rings (SSSR count). The molecule has 3 N–H and O–H groups in total. The number of anilines is 1. The molecule has 0 unspecified atom stereocenters. The van der Waals surface area contributed by atoms with Crippen LogP contribution in [0.25, 0.3) is 0 Å². The summed E-state index contributed by atoms with van der Waals surface area (Å²) < 4.78 is 41.2. The van der Waals surface area contributed by atoms with E-state index >= 15 is 0 Å². The zero-order valence-electron chi connectivity index (χ0n) is 14.2. The van der Waals surface area contributed by atoms with Crippen molar-refractivity contribution in [2.24, 2.45) is 10.7 Å². The molecule has 1 aromatic carbocycles. The number of alkyl halides is 3. The Morgan fingerprint density at radius 1 is 1.20 bits per heavy atom. The largest absolute Gasteiger partial charge is 0.573 e. The van der Waals surface area contributed by atoms with Gasteiger partial charge in [0, 0.05) is 32.7 Å². The van der Waals surface area contributed by atoms with Crippen molar-refractivity contribution in [3.05, 3.63) is 24.3 Å². The molecule has 1 aliphatic rings. The van der Waals surface area contributed by atoms with Crippen molar-refractivity contribution < 1.29 is 17.9 Å². The Balaban J connectivity index is 1.83. The molecule has 0 aliphatic carbocycles. The molecule has 0 amide bonds. The fourth-order valence-corrected chi connectivity index (χ4v) is 2.60. The predicted molar refractivity (Wildman–Crippen MR) is 91.8 cm³/mol. The molecular weight excluding hydrogens is 335 g/mol. The molecule has 0 radical (unpaired) electrons. The van der Waals surface area contributed by atoms with Crippen molar-refractivity contribution in [1.29, 1.82) is 0 Å². The van der Waals surface area contributed by atoms with Gasteiger partial charge in [0.05, 0.1) is 12.2 Å². The molecule has 0 aromatic heterocycles. The van der Waals surface area contributed by atoms with E-state index in [9.17, 15) is 13.2 Å². The molecular formula is C16H24F3N5O. The van der Waals surface area contributed by atoms with E-state index < -0.39 is 6.36 Å². The molecule has 0 bridgehead atoms. The maximum Gasteiger partial charge on any atom is 0.573 e. The number of hydrogen-bond acceptors (Lipinski definition) is 4. The van der Waals surface area contributed by atoms with Crippen LogP contribution in [-0.2, 0) is 0 Å². The summed E-state index contributed by atoms with van der Waals surface area (Å²) in [7, 11) is 0. The molecule has 1 aromatic rings. The molecule has 0 spiro atoms. The number of hydrogen-bond donors (Lipinski definition) is 2. The third-order valence-corrected chi connectivity index (χ3v) is 3.99. The molecule has 25 heavy (non-hydrogen) atoms. The minimum absolute atomic E-state index is 0.0606. The molecule has 0 saturated carbocycles. The highest BCUT2D eigenvalue weighted by atomic mass is 19.4. The lowest BCUT2D eigenvalue weighted by Crippen LogP contribution is -2.46. The van der Waals surface area contributed by atoms with Gasteiger partial charge in [-0.1, -0.05) is 19.1 Å². The molecule has 140 valence electrons. The van der Waals surface area contributed by atoms with Gasteiger partial charge in [-0.05, 0) is 18.7 Å². The molecule has 9 heteroatoms. The number of ether oxygens (including phenoxy) is 1. The summed E-state index contributed by atoms with van der Waals surface area (Å²) in [4.78, 5) is 8.86. The molecule has 0 atom stereocenters. The van der Waals surface area contributed by atoms with Gasteiger partial charge < -0.3 is 20.7 Å². The summed E-state index contributed by atoms with van der Waals surface area (Å²) in [5.41, 5.74) is 5.90. The fourth-order valence-electron chi connectivity index (χ4n) is 2.60. The first kappa shape index (κ1) is 19.3. The second-order valence-corrected chi connectivity index (χ2v) is 5.71. The Morgan fingerprint density at radius 2 is 1.84 bits per heavy atom. The number of aliphatic imine (C=N–C) groups is 1. The number of nitrogens with two attached hydrogens (primary N) is 1. The highest BCUT2D eigenvalue weighted by Crippen LogP contribution is 2.29. The van der Waals surface area contributed by atoms with E-state index in [4.69, 9.17) is 5.73 Å². The van der Waals surface area contributed by atoms with Gasteiger partial charge in [0.2, 0.25) is 0 Å². The van der Waals surface area contributed by atoms with Gasteiger partial charge in [-0.3, -0.25) is 9.89 Å². The van der Waals surface area contributed by atoms with E-state index in [0.29, 0.717) is 6.54 Å². The van der Waals surface area contributed by atoms with Crippen molar-refractivity contribution in [2.75, 3.05) is 51.1 Å². The van der Waals surface area contributed by atoms with Crippen molar-refractivity contribution in [3.8, 4) is 5.75 Å². The van der Waals surface area contributed by atoms with E-state index in [1.807, 2.05) is 0 Å². The van der Waals surface area contributed by atoms with Gasteiger partial charge in [-0.25, -0.2) is 0 Å². The van der Waals surface area contributed by atoms with Crippen LogP contribution in [-0.4, -0.2) is 67.9 Å². The normalized spacial score (nSPS) is 17.5. The van der Waals surface area contributed by atoms with E-state index in [0.717, 1.165) is 39.3 Å². The summed E-state index contributed by atoms with van der Waals surface area (Å²) in [6, 6.07) is 5.71. The Morgan fingerprint density at radius 3 is 2.48 bits per heavy atom. The second-order valence-electron chi connectivity index (χ2n) is 5.71. The maximum atomic E-state index is 12.4. The van der Waals surface area contributed by atoms with Gasteiger partial charge >= 0.3 is 6.36 Å². The Kier molecular flexibility index (Phi) is 6.89. The van der Waals surface area contributed by atoms with Crippen LogP contribution in [0.2, 0.25) is 0 Å². The number of nitrogens with one attached hydrogen (secondary N) is 1. The van der Waals surface area contributed by atoms with Crippen LogP contribution in [0.4, 0.5) is 18.9 Å². The fraction of sp³-hybridized carbons (Fsp3) is 0.562. The zero-order valence-corrected chi connectivity index (χ0v) is 14.2. The lowest BCUT2D eigenvalue weighted by molar-refractivity contribution is -0.274. The van der Waals surface area contributed by atoms with Crippen LogP contribution in [0, 0.1) is 0 Å². The summed E-state index contributed by atoms with van der Waals surface area (Å²) in [5, 5.41) is 2.66. The standard InChI is InChI=1S/C16H24F3N5O/c1-2-23-9-11-24(12-10-23)8-7-21-15(20)22-13-5-3-4-6-14(13)25-16(17,18)19/h3-6H,2,7-12H2,1H3,(H3,20,21,22). The first-order valence-electron chi connectivity index (χ1n) is 8.24. The molecule has 1 heterocycles. The number of benzene rings is 1. The number of halogens is 3. The first-order chi connectivity index (χ1) is 11.9. The summed E-state index contributed by atoms with van der Waals surface area (Å²) in [6.07, 6.45) is -4.76. The third-order valence-electron chi connectivity index (χ3n) is 3.99. The van der Waals surface area contributed by atoms with Gasteiger partial charge in [0.15, 0.2) is 11.7 Å². The molecule has 1 aliphatic heterocycles. The average molecular weight is 359 g/mol. The smallest absolute Gasteiger partial charge is 0.404 e. The van der Waals surface area contributed by atoms with E-state index in [2.05, 4.69) is 31.8 Å². The zero-order chi connectivity index (χ0) is 18.3. The number of rotatable bonds is 6. The monoisotopic (exact) mass is 359 g/mol.